The van der Waals surface area contributed by atoms with E-state index in [0.717, 1.165) is 31.7 Å². The Bertz CT molecular complexity index is 443. The maximum Gasteiger partial charge on any atom is 0.573 e. The second kappa shape index (κ2) is 5.61. The first-order valence-electron chi connectivity index (χ1n) is 6.57. The SMILES string of the molecule is CC1(C)CNCCN1Cc1ccc(OC(F)(F)F)cc1. The van der Waals surface area contributed by atoms with Gasteiger partial charge in [0.1, 0.15) is 5.75 Å². The van der Waals surface area contributed by atoms with Crippen molar-refractivity contribution < 1.29 is 17.9 Å². The molecule has 20 heavy (non-hydrogen) atoms. The molecule has 0 spiro atoms. The lowest BCUT2D eigenvalue weighted by Crippen LogP contribution is -2.57. The van der Waals surface area contributed by atoms with E-state index in [2.05, 4.69) is 28.8 Å². The number of ether oxygens (including phenoxy) is 1. The van der Waals surface area contributed by atoms with Crippen LogP contribution in [-0.2, 0) is 6.54 Å². The van der Waals surface area contributed by atoms with Crippen LogP contribution in [0.2, 0.25) is 0 Å². The molecule has 1 fully saturated rings. The lowest BCUT2D eigenvalue weighted by atomic mass is 9.99. The second-order valence-corrected chi connectivity index (χ2v) is 5.60. The molecule has 0 bridgehead atoms. The predicted octanol–water partition coefficient (Wildman–Crippen LogP) is 2.77. The highest BCUT2D eigenvalue weighted by Gasteiger charge is 2.31. The van der Waals surface area contributed by atoms with Crippen molar-refractivity contribution in [2.75, 3.05) is 19.6 Å². The molecule has 1 N–H and O–H groups in total. The van der Waals surface area contributed by atoms with Crippen LogP contribution in [0.25, 0.3) is 0 Å². The maximum absolute atomic E-state index is 12.1. The van der Waals surface area contributed by atoms with E-state index in [9.17, 15) is 13.2 Å². The predicted molar refractivity (Wildman–Crippen MR) is 70.5 cm³/mol. The van der Waals surface area contributed by atoms with Crippen molar-refractivity contribution in [1.29, 1.82) is 0 Å². The van der Waals surface area contributed by atoms with Gasteiger partial charge in [0, 0.05) is 31.7 Å². The minimum atomic E-state index is -4.64. The molecule has 0 radical (unpaired) electrons. The average molecular weight is 288 g/mol. The van der Waals surface area contributed by atoms with Crippen molar-refractivity contribution in [3.63, 3.8) is 0 Å². The molecule has 1 aromatic rings. The van der Waals surface area contributed by atoms with Crippen LogP contribution in [0.15, 0.2) is 24.3 Å². The van der Waals surface area contributed by atoms with Crippen molar-refractivity contribution in [2.45, 2.75) is 32.3 Å². The first-order valence-corrected chi connectivity index (χ1v) is 6.57. The van der Waals surface area contributed by atoms with E-state index < -0.39 is 6.36 Å². The number of rotatable bonds is 3. The molecule has 1 saturated heterocycles. The quantitative estimate of drug-likeness (QED) is 0.925. The molecular weight excluding hydrogens is 269 g/mol. The standard InChI is InChI=1S/C14H19F3N2O/c1-13(2)10-18-7-8-19(13)9-11-3-5-12(6-4-11)20-14(15,16)17/h3-6,18H,7-10H2,1-2H3. The summed E-state index contributed by atoms with van der Waals surface area (Å²) in [4.78, 5) is 2.32. The Kier molecular flexibility index (Phi) is 4.25. The van der Waals surface area contributed by atoms with Gasteiger partial charge in [-0.05, 0) is 31.5 Å². The summed E-state index contributed by atoms with van der Waals surface area (Å²) >= 11 is 0. The van der Waals surface area contributed by atoms with Crippen molar-refractivity contribution in [3.05, 3.63) is 29.8 Å². The van der Waals surface area contributed by atoms with Crippen molar-refractivity contribution in [1.82, 2.24) is 10.2 Å². The van der Waals surface area contributed by atoms with Crippen LogP contribution in [-0.4, -0.2) is 36.4 Å². The van der Waals surface area contributed by atoms with Crippen LogP contribution in [0.5, 0.6) is 5.75 Å². The Labute approximate surface area is 116 Å². The van der Waals surface area contributed by atoms with E-state index in [0.29, 0.717) is 0 Å². The lowest BCUT2D eigenvalue weighted by Gasteiger charge is -2.42. The normalized spacial score (nSPS) is 19.9. The van der Waals surface area contributed by atoms with Crippen molar-refractivity contribution in [2.24, 2.45) is 0 Å². The van der Waals surface area contributed by atoms with E-state index in [1.54, 1.807) is 12.1 Å². The molecule has 1 aliphatic heterocycles. The monoisotopic (exact) mass is 288 g/mol. The van der Waals surface area contributed by atoms with Gasteiger partial charge in [0.25, 0.3) is 0 Å². The third kappa shape index (κ3) is 4.11. The molecule has 6 heteroatoms. The molecule has 0 saturated carbocycles. The van der Waals surface area contributed by atoms with Gasteiger partial charge >= 0.3 is 6.36 Å². The molecule has 1 heterocycles. The third-order valence-electron chi connectivity index (χ3n) is 3.50. The fraction of sp³-hybridized carbons (Fsp3) is 0.571. The van der Waals surface area contributed by atoms with Crippen molar-refractivity contribution >= 4 is 0 Å². The number of nitrogens with one attached hydrogen (secondary N) is 1. The molecule has 1 aliphatic rings. The van der Waals surface area contributed by atoms with Crippen molar-refractivity contribution in [3.8, 4) is 5.75 Å². The molecular formula is C14H19F3N2O. The number of hydrogen-bond acceptors (Lipinski definition) is 3. The summed E-state index contributed by atoms with van der Waals surface area (Å²) in [7, 11) is 0. The van der Waals surface area contributed by atoms with Crippen LogP contribution in [0.1, 0.15) is 19.4 Å². The first kappa shape index (κ1) is 15.1. The number of benzene rings is 1. The van der Waals surface area contributed by atoms with Gasteiger partial charge in [-0.1, -0.05) is 12.1 Å². The molecule has 3 nitrogen and oxygen atoms in total. The van der Waals surface area contributed by atoms with E-state index >= 15 is 0 Å². The summed E-state index contributed by atoms with van der Waals surface area (Å²) in [6.45, 7) is 7.79. The van der Waals surface area contributed by atoms with Crippen LogP contribution >= 0.6 is 0 Å². The van der Waals surface area contributed by atoms with Gasteiger partial charge in [-0.15, -0.1) is 13.2 Å². The molecule has 0 atom stereocenters. The third-order valence-corrected chi connectivity index (χ3v) is 3.50. The molecule has 0 aromatic heterocycles. The van der Waals surface area contributed by atoms with Gasteiger partial charge in [0.15, 0.2) is 0 Å². The van der Waals surface area contributed by atoms with E-state index in [1.165, 1.54) is 12.1 Å². The zero-order chi connectivity index (χ0) is 14.8. The van der Waals surface area contributed by atoms with Gasteiger partial charge < -0.3 is 10.1 Å². The minimum absolute atomic E-state index is 0.0411. The highest BCUT2D eigenvalue weighted by atomic mass is 19.4. The number of nitrogens with zero attached hydrogens (tertiary/aromatic N) is 1. The smallest absolute Gasteiger partial charge is 0.406 e. The average Bonchev–Trinajstić information content (AvgIpc) is 2.32. The fourth-order valence-corrected chi connectivity index (χ4v) is 2.33. The Morgan fingerprint density at radius 2 is 1.90 bits per heavy atom. The van der Waals surface area contributed by atoms with Gasteiger partial charge in [-0.2, -0.15) is 0 Å². The molecule has 112 valence electrons. The zero-order valence-corrected chi connectivity index (χ0v) is 11.6. The van der Waals surface area contributed by atoms with E-state index in [1.807, 2.05) is 0 Å². The Morgan fingerprint density at radius 1 is 1.25 bits per heavy atom. The highest BCUT2D eigenvalue weighted by Crippen LogP contribution is 2.24. The molecule has 0 amide bonds. The maximum atomic E-state index is 12.1. The summed E-state index contributed by atoms with van der Waals surface area (Å²) in [6, 6.07) is 6.08. The zero-order valence-electron chi connectivity index (χ0n) is 11.6. The molecule has 0 unspecified atom stereocenters. The molecule has 0 aliphatic carbocycles. The van der Waals surface area contributed by atoms with Crippen LogP contribution in [0.4, 0.5) is 13.2 Å². The summed E-state index contributed by atoms with van der Waals surface area (Å²) in [6.07, 6.45) is -4.64. The Balaban J connectivity index is 2.00. The van der Waals surface area contributed by atoms with Gasteiger partial charge in [0.2, 0.25) is 0 Å². The van der Waals surface area contributed by atoms with Crippen LogP contribution in [0, 0.1) is 0 Å². The Morgan fingerprint density at radius 3 is 2.45 bits per heavy atom. The summed E-state index contributed by atoms with van der Waals surface area (Å²) < 4.78 is 40.1. The minimum Gasteiger partial charge on any atom is -0.406 e. The highest BCUT2D eigenvalue weighted by molar-refractivity contribution is 5.27. The van der Waals surface area contributed by atoms with Crippen LogP contribution < -0.4 is 10.1 Å². The van der Waals surface area contributed by atoms with E-state index in [4.69, 9.17) is 0 Å². The summed E-state index contributed by atoms with van der Waals surface area (Å²) in [5.74, 6) is -0.180. The summed E-state index contributed by atoms with van der Waals surface area (Å²) in [5.41, 5.74) is 1.02. The van der Waals surface area contributed by atoms with E-state index in [-0.39, 0.29) is 11.3 Å². The lowest BCUT2D eigenvalue weighted by molar-refractivity contribution is -0.274. The van der Waals surface area contributed by atoms with Crippen LogP contribution in [0.3, 0.4) is 0 Å². The van der Waals surface area contributed by atoms with Gasteiger partial charge in [-0.3, -0.25) is 4.90 Å². The second-order valence-electron chi connectivity index (χ2n) is 5.60. The van der Waals surface area contributed by atoms with Gasteiger partial charge in [-0.25, -0.2) is 0 Å². The largest absolute Gasteiger partial charge is 0.573 e. The number of halogens is 3. The number of piperazine rings is 1. The molecule has 1 aromatic carbocycles. The topological polar surface area (TPSA) is 24.5 Å². The number of alkyl halides is 3. The fourth-order valence-electron chi connectivity index (χ4n) is 2.33. The summed E-state index contributed by atoms with van der Waals surface area (Å²) in [5, 5.41) is 3.34. The molecule has 2 rings (SSSR count). The van der Waals surface area contributed by atoms with Gasteiger partial charge in [0.05, 0.1) is 0 Å². The number of hydrogen-bond donors (Lipinski definition) is 1. The Hall–Kier alpha value is -1.27. The first-order chi connectivity index (χ1) is 9.26.